The first-order chi connectivity index (χ1) is 9.08. The monoisotopic (exact) mass is 292 g/mol. The van der Waals surface area contributed by atoms with Crippen molar-refractivity contribution >= 4 is 25.5 Å². The minimum Gasteiger partial charge on any atom is -0.210 e. The molecule has 0 aliphatic heterocycles. The van der Waals surface area contributed by atoms with E-state index in [9.17, 15) is 8.42 Å². The van der Waals surface area contributed by atoms with Crippen molar-refractivity contribution in [1.29, 1.82) is 0 Å². The second-order valence-corrected chi connectivity index (χ2v) is 7.31. The quantitative estimate of drug-likeness (QED) is 0.484. The van der Waals surface area contributed by atoms with Crippen molar-refractivity contribution in [3.05, 3.63) is 60.2 Å². The third-order valence-corrected chi connectivity index (χ3v) is 4.91. The molecule has 0 bridgehead atoms. The van der Waals surface area contributed by atoms with Gasteiger partial charge in [0.05, 0.1) is 10.6 Å². The fraction of sp³-hybridized carbons (Fsp3) is 0.0769. The van der Waals surface area contributed by atoms with Gasteiger partial charge in [0, 0.05) is 0 Å². The lowest BCUT2D eigenvalue weighted by molar-refractivity contribution is 0.610. The van der Waals surface area contributed by atoms with Crippen molar-refractivity contribution in [2.45, 2.75) is 11.8 Å². The van der Waals surface area contributed by atoms with Gasteiger partial charge in [0.15, 0.2) is 0 Å². The average Bonchev–Trinajstić information content (AvgIpc) is 2.40. The third-order valence-electron chi connectivity index (χ3n) is 2.35. The van der Waals surface area contributed by atoms with E-state index in [0.717, 1.165) is 5.56 Å². The molecule has 2 rings (SSSR count). The number of hydrogen-bond donors (Lipinski definition) is 0. The Morgan fingerprint density at radius 1 is 0.947 bits per heavy atom. The van der Waals surface area contributed by atoms with Gasteiger partial charge in [0.25, 0.3) is 8.87 Å². The zero-order valence-corrected chi connectivity index (χ0v) is 11.9. The van der Waals surface area contributed by atoms with Crippen molar-refractivity contribution in [2.75, 3.05) is 0 Å². The van der Waals surface area contributed by atoms with Gasteiger partial charge >= 0.3 is 0 Å². The molecule has 0 spiro atoms. The van der Waals surface area contributed by atoms with Crippen LogP contribution < -0.4 is 0 Å². The molecule has 19 heavy (non-hydrogen) atoms. The minimum atomic E-state index is -3.49. The van der Waals surface area contributed by atoms with Crippen LogP contribution in [0.1, 0.15) is 5.56 Å². The van der Waals surface area contributed by atoms with Crippen LogP contribution in [0.2, 0.25) is 0 Å². The van der Waals surface area contributed by atoms with Gasteiger partial charge in [-0.2, -0.15) is 0 Å². The van der Waals surface area contributed by atoms with Gasteiger partial charge < -0.3 is 0 Å². The molecule has 98 valence electrons. The van der Waals surface area contributed by atoms with Crippen molar-refractivity contribution in [1.82, 2.24) is 0 Å². The minimum absolute atomic E-state index is 0.232. The third kappa shape index (κ3) is 3.90. The maximum Gasteiger partial charge on any atom is 0.252 e. The Hall–Kier alpha value is -1.66. The van der Waals surface area contributed by atoms with E-state index in [1.165, 1.54) is 0 Å². The van der Waals surface area contributed by atoms with Crippen molar-refractivity contribution in [3.63, 3.8) is 0 Å². The molecule has 0 saturated carbocycles. The molecule has 2 aromatic rings. The molecule has 6 heteroatoms. The number of hydrogen-bond acceptors (Lipinski definition) is 5. The lowest BCUT2D eigenvalue weighted by Crippen LogP contribution is -1.93. The summed E-state index contributed by atoms with van der Waals surface area (Å²) in [6.45, 7) is 1.90. The fourth-order valence-corrected chi connectivity index (χ4v) is 3.08. The molecule has 0 aromatic heterocycles. The summed E-state index contributed by atoms with van der Waals surface area (Å²) in [5.41, 5.74) is 1.63. The molecule has 0 radical (unpaired) electrons. The van der Waals surface area contributed by atoms with Crippen LogP contribution in [0.15, 0.2) is 69.1 Å². The first-order valence-electron chi connectivity index (χ1n) is 5.54. The van der Waals surface area contributed by atoms with E-state index in [2.05, 4.69) is 9.63 Å². The SMILES string of the molecule is Cc1ccc(S(=O)(=O)SN=Nc2ccccc2)cc1. The van der Waals surface area contributed by atoms with Crippen molar-refractivity contribution < 1.29 is 8.42 Å². The predicted octanol–water partition coefficient (Wildman–Crippen LogP) is 4.12. The normalized spacial score (nSPS) is 11.8. The molecular formula is C13H12N2O2S2. The van der Waals surface area contributed by atoms with Crippen LogP contribution in [0, 0.1) is 6.92 Å². The van der Waals surface area contributed by atoms with Gasteiger partial charge in [0.1, 0.15) is 11.0 Å². The summed E-state index contributed by atoms with van der Waals surface area (Å²) in [5.74, 6) is 0. The summed E-state index contributed by atoms with van der Waals surface area (Å²) in [6, 6.07) is 15.6. The standard InChI is InChI=1S/C13H12N2O2S2/c1-11-7-9-13(10-8-11)19(16,17)18-15-14-12-5-3-2-4-6-12/h2-10H,1H3. The number of rotatable bonds is 4. The van der Waals surface area contributed by atoms with Gasteiger partial charge in [-0.05, 0) is 31.2 Å². The van der Waals surface area contributed by atoms with E-state index in [-0.39, 0.29) is 4.90 Å². The number of benzene rings is 2. The smallest absolute Gasteiger partial charge is 0.210 e. The zero-order valence-electron chi connectivity index (χ0n) is 10.2. The summed E-state index contributed by atoms with van der Waals surface area (Å²) < 4.78 is 27.6. The first-order valence-corrected chi connectivity index (χ1v) is 8.32. The Balaban J connectivity index is 2.10. The Morgan fingerprint density at radius 3 is 2.21 bits per heavy atom. The van der Waals surface area contributed by atoms with E-state index in [0.29, 0.717) is 16.7 Å². The molecular weight excluding hydrogens is 280 g/mol. The molecule has 0 aliphatic rings. The highest BCUT2D eigenvalue weighted by Crippen LogP contribution is 2.26. The van der Waals surface area contributed by atoms with Crippen LogP contribution in [0.3, 0.4) is 0 Å². The largest absolute Gasteiger partial charge is 0.252 e. The van der Waals surface area contributed by atoms with E-state index in [1.54, 1.807) is 36.4 Å². The molecule has 0 amide bonds. The van der Waals surface area contributed by atoms with E-state index < -0.39 is 8.87 Å². The molecule has 4 nitrogen and oxygen atoms in total. The highest BCUT2D eigenvalue weighted by Gasteiger charge is 2.14. The van der Waals surface area contributed by atoms with Crippen LogP contribution in [-0.4, -0.2) is 8.42 Å². The van der Waals surface area contributed by atoms with E-state index in [1.807, 2.05) is 25.1 Å². The summed E-state index contributed by atoms with van der Waals surface area (Å²) in [6.07, 6.45) is 0. The van der Waals surface area contributed by atoms with Crippen LogP contribution >= 0.6 is 11.0 Å². The van der Waals surface area contributed by atoms with Gasteiger partial charge in [0.2, 0.25) is 0 Å². The second kappa shape index (κ2) is 5.99. The molecule has 0 aliphatic carbocycles. The molecule has 0 saturated heterocycles. The van der Waals surface area contributed by atoms with Gasteiger partial charge in [-0.15, -0.1) is 5.11 Å². The second-order valence-electron chi connectivity index (χ2n) is 3.86. The zero-order chi connectivity index (χ0) is 13.7. The van der Waals surface area contributed by atoms with E-state index in [4.69, 9.17) is 0 Å². The maximum absolute atomic E-state index is 11.9. The maximum atomic E-state index is 11.9. The summed E-state index contributed by atoms with van der Waals surface area (Å²) in [4.78, 5) is 0.232. The van der Waals surface area contributed by atoms with Crippen molar-refractivity contribution in [2.24, 2.45) is 9.63 Å². The fourth-order valence-electron chi connectivity index (χ4n) is 1.35. The van der Waals surface area contributed by atoms with Gasteiger partial charge in [-0.3, -0.25) is 0 Å². The highest BCUT2D eigenvalue weighted by atomic mass is 33.1. The van der Waals surface area contributed by atoms with E-state index >= 15 is 0 Å². The van der Waals surface area contributed by atoms with Crippen molar-refractivity contribution in [3.8, 4) is 0 Å². The summed E-state index contributed by atoms with van der Waals surface area (Å²) >= 11 is 0. The molecule has 0 heterocycles. The molecule has 0 fully saturated rings. The Morgan fingerprint density at radius 2 is 1.58 bits per heavy atom. The topological polar surface area (TPSA) is 58.9 Å². The van der Waals surface area contributed by atoms with Crippen LogP contribution in [0.5, 0.6) is 0 Å². The number of nitrogens with zero attached hydrogens (tertiary/aromatic N) is 2. The molecule has 2 aromatic carbocycles. The molecule has 0 N–H and O–H groups in total. The predicted molar refractivity (Wildman–Crippen MR) is 76.9 cm³/mol. The van der Waals surface area contributed by atoms with Gasteiger partial charge in [-0.25, -0.2) is 8.42 Å². The lowest BCUT2D eigenvalue weighted by atomic mass is 10.2. The van der Waals surface area contributed by atoms with Gasteiger partial charge in [-0.1, -0.05) is 40.4 Å². The summed E-state index contributed by atoms with van der Waals surface area (Å²) in [5, 5.41) is 3.84. The average molecular weight is 292 g/mol. The molecule has 0 atom stereocenters. The highest BCUT2D eigenvalue weighted by molar-refractivity contribution is 8.71. The van der Waals surface area contributed by atoms with Crippen LogP contribution in [-0.2, 0) is 8.87 Å². The van der Waals surface area contributed by atoms with Crippen LogP contribution in [0.4, 0.5) is 5.69 Å². The number of aryl methyl sites for hydroxylation is 1. The Kier molecular flexibility index (Phi) is 4.34. The lowest BCUT2D eigenvalue weighted by Gasteiger charge is -1.99. The summed E-state index contributed by atoms with van der Waals surface area (Å²) in [7, 11) is -3.03. The Bertz CT molecular complexity index is 666. The first kappa shape index (κ1) is 13.8. The molecule has 0 unspecified atom stereocenters. The van der Waals surface area contributed by atoms with Crippen LogP contribution in [0.25, 0.3) is 0 Å². The Labute approximate surface area is 116 Å².